The highest BCUT2D eigenvalue weighted by molar-refractivity contribution is 5.71. The van der Waals surface area contributed by atoms with Crippen LogP contribution in [-0.4, -0.2) is 38.1 Å². The van der Waals surface area contributed by atoms with Crippen molar-refractivity contribution in [3.05, 3.63) is 70.8 Å². The molecule has 2 aromatic heterocycles. The van der Waals surface area contributed by atoms with E-state index < -0.39 is 11.0 Å². The Morgan fingerprint density at radius 1 is 1.18 bits per heavy atom. The van der Waals surface area contributed by atoms with E-state index >= 15 is 0 Å². The Labute approximate surface area is 162 Å². The number of benzene rings is 1. The van der Waals surface area contributed by atoms with E-state index in [1.807, 2.05) is 30.3 Å². The number of aromatic nitrogens is 3. The molecule has 1 aliphatic heterocycles. The maximum Gasteiger partial charge on any atom is 0.295 e. The molecule has 4 rings (SSSR count). The highest BCUT2D eigenvalue weighted by Crippen LogP contribution is 2.34. The number of hydrogen-bond donors (Lipinski definition) is 2. The van der Waals surface area contributed by atoms with Crippen molar-refractivity contribution in [1.82, 2.24) is 15.0 Å². The quantitative estimate of drug-likeness (QED) is 0.520. The van der Waals surface area contributed by atoms with Crippen LogP contribution in [0.4, 0.5) is 11.5 Å². The SMILES string of the molecule is O=[N+]([O-])c1ccc(N2CCC([C@@H](O)c3ncc[nH]3)CC2)nc1-c1ccccc1. The van der Waals surface area contributed by atoms with E-state index in [9.17, 15) is 15.2 Å². The highest BCUT2D eigenvalue weighted by atomic mass is 16.6. The molecule has 1 saturated heterocycles. The van der Waals surface area contributed by atoms with Crippen molar-refractivity contribution >= 4 is 11.5 Å². The van der Waals surface area contributed by atoms with E-state index in [0.29, 0.717) is 11.5 Å². The van der Waals surface area contributed by atoms with Gasteiger partial charge >= 0.3 is 0 Å². The monoisotopic (exact) mass is 379 g/mol. The molecule has 144 valence electrons. The van der Waals surface area contributed by atoms with Crippen LogP contribution in [0, 0.1) is 16.0 Å². The Kier molecular flexibility index (Phi) is 5.03. The number of aliphatic hydroxyl groups excluding tert-OH is 1. The van der Waals surface area contributed by atoms with Gasteiger partial charge in [-0.1, -0.05) is 30.3 Å². The number of imidazole rings is 1. The zero-order chi connectivity index (χ0) is 19.5. The van der Waals surface area contributed by atoms with Crippen molar-refractivity contribution < 1.29 is 10.0 Å². The molecular weight excluding hydrogens is 358 g/mol. The van der Waals surface area contributed by atoms with E-state index in [0.717, 1.165) is 37.3 Å². The number of H-pyrrole nitrogens is 1. The molecule has 0 saturated carbocycles. The zero-order valence-electron chi connectivity index (χ0n) is 15.2. The first-order chi connectivity index (χ1) is 13.6. The molecule has 2 N–H and O–H groups in total. The van der Waals surface area contributed by atoms with Crippen molar-refractivity contribution in [3.63, 3.8) is 0 Å². The molecule has 3 heterocycles. The van der Waals surface area contributed by atoms with E-state index in [2.05, 4.69) is 19.9 Å². The Morgan fingerprint density at radius 3 is 2.57 bits per heavy atom. The minimum Gasteiger partial charge on any atom is -0.385 e. The fourth-order valence-electron chi connectivity index (χ4n) is 3.68. The van der Waals surface area contributed by atoms with Gasteiger partial charge in [0.15, 0.2) is 5.69 Å². The number of nitrogens with zero attached hydrogens (tertiary/aromatic N) is 4. The predicted octanol–water partition coefficient (Wildman–Crippen LogP) is 3.33. The summed E-state index contributed by atoms with van der Waals surface area (Å²) < 4.78 is 0. The van der Waals surface area contributed by atoms with Gasteiger partial charge in [-0.25, -0.2) is 9.97 Å². The molecule has 0 radical (unpaired) electrons. The number of nitro groups is 1. The fraction of sp³-hybridized carbons (Fsp3) is 0.300. The predicted molar refractivity (Wildman–Crippen MR) is 105 cm³/mol. The second kappa shape index (κ2) is 7.77. The summed E-state index contributed by atoms with van der Waals surface area (Å²) in [6, 6.07) is 12.4. The lowest BCUT2D eigenvalue weighted by Gasteiger charge is -2.34. The molecule has 0 amide bonds. The summed E-state index contributed by atoms with van der Waals surface area (Å²) >= 11 is 0. The second-order valence-electron chi connectivity index (χ2n) is 6.90. The summed E-state index contributed by atoms with van der Waals surface area (Å²) in [7, 11) is 0. The molecule has 8 nitrogen and oxygen atoms in total. The molecule has 28 heavy (non-hydrogen) atoms. The molecule has 0 unspecified atom stereocenters. The number of aromatic amines is 1. The molecule has 1 aromatic carbocycles. The van der Waals surface area contributed by atoms with Gasteiger partial charge in [-0.05, 0) is 24.8 Å². The van der Waals surface area contributed by atoms with E-state index in [1.54, 1.807) is 18.5 Å². The zero-order valence-corrected chi connectivity index (χ0v) is 15.2. The summed E-state index contributed by atoms with van der Waals surface area (Å²) in [6.07, 6.45) is 4.32. The lowest BCUT2D eigenvalue weighted by atomic mass is 9.91. The Bertz CT molecular complexity index is 938. The van der Waals surface area contributed by atoms with Crippen molar-refractivity contribution in [1.29, 1.82) is 0 Å². The van der Waals surface area contributed by atoms with Crippen LogP contribution in [0.2, 0.25) is 0 Å². The summed E-state index contributed by atoms with van der Waals surface area (Å²) in [5.41, 5.74) is 1.10. The van der Waals surface area contributed by atoms with Crippen LogP contribution in [0.25, 0.3) is 11.3 Å². The summed E-state index contributed by atoms with van der Waals surface area (Å²) in [4.78, 5) is 24.9. The minimum absolute atomic E-state index is 0.00178. The number of anilines is 1. The van der Waals surface area contributed by atoms with Gasteiger partial charge < -0.3 is 15.0 Å². The maximum absolute atomic E-state index is 11.4. The number of aliphatic hydroxyl groups is 1. The molecule has 1 aliphatic rings. The van der Waals surface area contributed by atoms with Crippen LogP contribution in [-0.2, 0) is 0 Å². The lowest BCUT2D eigenvalue weighted by molar-refractivity contribution is -0.384. The molecule has 0 aliphatic carbocycles. The summed E-state index contributed by atoms with van der Waals surface area (Å²) in [5.74, 6) is 1.43. The third kappa shape index (κ3) is 3.59. The Hall–Kier alpha value is -3.26. The van der Waals surface area contributed by atoms with Crippen molar-refractivity contribution in [2.75, 3.05) is 18.0 Å². The molecule has 8 heteroatoms. The van der Waals surface area contributed by atoms with Crippen LogP contribution < -0.4 is 4.90 Å². The van der Waals surface area contributed by atoms with Crippen LogP contribution >= 0.6 is 0 Å². The first-order valence-electron chi connectivity index (χ1n) is 9.26. The topological polar surface area (TPSA) is 108 Å². The van der Waals surface area contributed by atoms with Crippen molar-refractivity contribution in [3.8, 4) is 11.3 Å². The molecule has 3 aromatic rings. The van der Waals surface area contributed by atoms with E-state index in [4.69, 9.17) is 0 Å². The van der Waals surface area contributed by atoms with Gasteiger partial charge in [0, 0.05) is 37.1 Å². The summed E-state index contributed by atoms with van der Waals surface area (Å²) in [6.45, 7) is 1.45. The van der Waals surface area contributed by atoms with Gasteiger partial charge in [-0.2, -0.15) is 0 Å². The van der Waals surface area contributed by atoms with Gasteiger partial charge in [0.2, 0.25) is 0 Å². The smallest absolute Gasteiger partial charge is 0.295 e. The normalized spacial score (nSPS) is 16.1. The molecule has 0 bridgehead atoms. The number of hydrogen-bond acceptors (Lipinski definition) is 6. The Balaban J connectivity index is 1.53. The molecular formula is C20H21N5O3. The third-order valence-electron chi connectivity index (χ3n) is 5.21. The van der Waals surface area contributed by atoms with Crippen LogP contribution in [0.3, 0.4) is 0 Å². The molecule has 1 fully saturated rings. The van der Waals surface area contributed by atoms with Crippen LogP contribution in [0.5, 0.6) is 0 Å². The van der Waals surface area contributed by atoms with Crippen LogP contribution in [0.15, 0.2) is 54.9 Å². The number of rotatable bonds is 5. The largest absolute Gasteiger partial charge is 0.385 e. The molecule has 1 atom stereocenters. The van der Waals surface area contributed by atoms with Gasteiger partial charge in [0.05, 0.1) is 4.92 Å². The van der Waals surface area contributed by atoms with Crippen LogP contribution in [0.1, 0.15) is 24.8 Å². The summed E-state index contributed by atoms with van der Waals surface area (Å²) in [5, 5.41) is 21.9. The highest BCUT2D eigenvalue weighted by Gasteiger charge is 2.29. The number of pyridine rings is 1. The number of piperidine rings is 1. The lowest BCUT2D eigenvalue weighted by Crippen LogP contribution is -2.36. The minimum atomic E-state index is -0.609. The third-order valence-corrected chi connectivity index (χ3v) is 5.21. The van der Waals surface area contributed by atoms with Gasteiger partial charge in [-0.3, -0.25) is 10.1 Å². The molecule has 0 spiro atoms. The fourth-order valence-corrected chi connectivity index (χ4v) is 3.68. The van der Waals surface area contributed by atoms with E-state index in [1.165, 1.54) is 6.07 Å². The van der Waals surface area contributed by atoms with E-state index in [-0.39, 0.29) is 11.6 Å². The average Bonchev–Trinajstić information content (AvgIpc) is 3.28. The maximum atomic E-state index is 11.4. The Morgan fingerprint density at radius 2 is 1.93 bits per heavy atom. The average molecular weight is 379 g/mol. The van der Waals surface area contributed by atoms with Crippen molar-refractivity contribution in [2.45, 2.75) is 18.9 Å². The number of nitrogens with one attached hydrogen (secondary N) is 1. The van der Waals surface area contributed by atoms with Gasteiger partial charge in [0.1, 0.15) is 17.7 Å². The second-order valence-corrected chi connectivity index (χ2v) is 6.90. The first-order valence-corrected chi connectivity index (χ1v) is 9.26. The first kappa shape index (κ1) is 18.1. The standard InChI is InChI=1S/C20H21N5O3/c26-19(20-21-10-11-22-20)15-8-12-24(13-9-15)17-7-6-16(25(27)28)18(23-17)14-4-2-1-3-5-14/h1-7,10-11,15,19,26H,8-9,12-13H2,(H,21,22)/t19-/m1/s1. The van der Waals surface area contributed by atoms with Crippen molar-refractivity contribution in [2.24, 2.45) is 5.92 Å². The van der Waals surface area contributed by atoms with Gasteiger partial charge in [0.25, 0.3) is 5.69 Å². The van der Waals surface area contributed by atoms with Gasteiger partial charge in [-0.15, -0.1) is 0 Å².